The average Bonchev–Trinajstić information content (AvgIpc) is 3.54. The van der Waals surface area contributed by atoms with E-state index in [1.807, 2.05) is 72.8 Å². The van der Waals surface area contributed by atoms with E-state index in [0.29, 0.717) is 0 Å². The molecule has 2 aromatic heterocycles. The highest BCUT2D eigenvalue weighted by atomic mass is 32.1. The van der Waals surface area contributed by atoms with Crippen LogP contribution in [-0.2, 0) is 14.5 Å². The third kappa shape index (κ3) is 4.56. The molecule has 0 saturated heterocycles. The molecule has 4 rings (SSSR count). The van der Waals surface area contributed by atoms with Crippen molar-refractivity contribution < 1.29 is 19.6 Å². The normalized spacial score (nSPS) is 11.9. The van der Waals surface area contributed by atoms with Crippen molar-refractivity contribution in [3.05, 3.63) is 89.3 Å². The molecule has 0 saturated carbocycles. The molecule has 0 bridgehead atoms. The van der Waals surface area contributed by atoms with E-state index in [9.17, 15) is 4.79 Å². The number of quaternary nitrogens is 1. The molecular weight excluding hydrogens is 468 g/mol. The molecule has 0 unspecified atom stereocenters. The fraction of sp³-hybridized carbons (Fsp3) is 0.0769. The Kier molecular flexibility index (Phi) is 7.03. The molecule has 1 N–H and O–H groups in total. The Bertz CT molecular complexity index is 1360. The van der Waals surface area contributed by atoms with Crippen molar-refractivity contribution >= 4 is 46.1 Å². The molecule has 2 aromatic carbocycles. The molecule has 0 amide bonds. The minimum absolute atomic E-state index is 0.191. The van der Waals surface area contributed by atoms with Crippen molar-refractivity contribution in [2.75, 3.05) is 14.2 Å². The Balaban J connectivity index is 1.60. The second-order valence-corrected chi connectivity index (χ2v) is 9.34. The molecule has 170 valence electrons. The number of carboxylic acids is 1. The summed E-state index contributed by atoms with van der Waals surface area (Å²) in [6, 6.07) is 27.4. The molecule has 6 nitrogen and oxygen atoms in total. The predicted octanol–water partition coefficient (Wildman–Crippen LogP) is 6.90. The van der Waals surface area contributed by atoms with Crippen molar-refractivity contribution in [1.29, 1.82) is 5.26 Å². The zero-order valence-corrected chi connectivity index (χ0v) is 20.1. The van der Waals surface area contributed by atoms with Gasteiger partial charge < -0.3 is 5.11 Å². The molecule has 2 heterocycles. The Morgan fingerprint density at radius 3 is 2.06 bits per heavy atom. The molecule has 0 fully saturated rings. The van der Waals surface area contributed by atoms with Gasteiger partial charge in [-0.15, -0.1) is 22.7 Å². The molecule has 0 spiro atoms. The van der Waals surface area contributed by atoms with Gasteiger partial charge in [0.05, 0.1) is 0 Å². The summed E-state index contributed by atoms with van der Waals surface area (Å²) < 4.78 is 0. The van der Waals surface area contributed by atoms with E-state index in [1.165, 1.54) is 17.4 Å². The highest BCUT2D eigenvalue weighted by Gasteiger charge is 2.36. The number of carboxylic acid groups (broad SMARTS) is 1. The molecule has 0 radical (unpaired) electrons. The first kappa shape index (κ1) is 23.6. The average molecular weight is 490 g/mol. The summed E-state index contributed by atoms with van der Waals surface area (Å²) >= 11 is 3.09. The summed E-state index contributed by atoms with van der Waals surface area (Å²) in [5.74, 6) is -1.23. The molecule has 8 heteroatoms. The lowest BCUT2D eigenvalue weighted by Gasteiger charge is -2.28. The summed E-state index contributed by atoms with van der Waals surface area (Å²) in [5.41, 5.74) is 2.46. The SMILES string of the molecule is CO[N+](OC)(c1ccccc1)c1ccc(-c2ccc(-c3ccc(/C=C(\C#N)C(=O)O)s3)s2)cc1. The van der Waals surface area contributed by atoms with Crippen LogP contribution < -0.4 is 4.81 Å². The second kappa shape index (κ2) is 10.1. The van der Waals surface area contributed by atoms with E-state index < -0.39 is 5.97 Å². The lowest BCUT2D eigenvalue weighted by molar-refractivity contribution is -0.286. The highest BCUT2D eigenvalue weighted by Crippen LogP contribution is 2.40. The van der Waals surface area contributed by atoms with Crippen LogP contribution >= 0.6 is 22.7 Å². The Morgan fingerprint density at radius 1 is 0.853 bits per heavy atom. The number of para-hydroxylation sites is 1. The van der Waals surface area contributed by atoms with Gasteiger partial charge in [0.15, 0.2) is 0 Å². The van der Waals surface area contributed by atoms with Crippen LogP contribution in [0.5, 0.6) is 0 Å². The number of nitriles is 1. The molecule has 4 aromatic rings. The maximum absolute atomic E-state index is 11.1. The first-order valence-corrected chi connectivity index (χ1v) is 11.9. The first-order chi connectivity index (χ1) is 16.5. The third-order valence-electron chi connectivity index (χ3n) is 5.22. The van der Waals surface area contributed by atoms with E-state index in [1.54, 1.807) is 31.6 Å². The number of thiophene rings is 2. The fourth-order valence-electron chi connectivity index (χ4n) is 3.56. The zero-order chi connectivity index (χ0) is 24.1. The van der Waals surface area contributed by atoms with Gasteiger partial charge in [-0.3, -0.25) is 0 Å². The standard InChI is InChI=1S/C26H20N2O4S2/c1-31-28(32-2,20-6-4-3-5-7-20)21-10-8-18(9-11-21)23-14-15-25(34-23)24-13-12-22(33-24)16-19(17-27)26(29)30/h3-16H,1-2H3/p+1/b19-16+. The minimum atomic E-state index is -1.23. The number of aliphatic carboxylic acids is 1. The second-order valence-electron chi connectivity index (χ2n) is 7.14. The highest BCUT2D eigenvalue weighted by molar-refractivity contribution is 7.24. The largest absolute Gasteiger partial charge is 0.477 e. The van der Waals surface area contributed by atoms with Crippen LogP contribution in [-0.4, -0.2) is 25.3 Å². The predicted molar refractivity (Wildman–Crippen MR) is 136 cm³/mol. The van der Waals surface area contributed by atoms with Crippen molar-refractivity contribution in [3.63, 3.8) is 0 Å². The van der Waals surface area contributed by atoms with Crippen molar-refractivity contribution in [2.24, 2.45) is 0 Å². The van der Waals surface area contributed by atoms with E-state index in [-0.39, 0.29) is 10.4 Å². The molecule has 0 aliphatic carbocycles. The van der Waals surface area contributed by atoms with Crippen molar-refractivity contribution in [1.82, 2.24) is 4.81 Å². The number of rotatable bonds is 8. The van der Waals surface area contributed by atoms with Gasteiger partial charge in [-0.05, 0) is 48.0 Å². The van der Waals surface area contributed by atoms with Crippen LogP contribution in [0.3, 0.4) is 0 Å². The van der Waals surface area contributed by atoms with Gasteiger partial charge in [-0.25, -0.2) is 4.79 Å². The summed E-state index contributed by atoms with van der Waals surface area (Å²) in [4.78, 5) is 26.3. The van der Waals surface area contributed by atoms with Gasteiger partial charge in [0.2, 0.25) is 11.4 Å². The number of carbonyl (C=O) groups is 1. The summed E-state index contributed by atoms with van der Waals surface area (Å²) in [7, 11) is 3.22. The topological polar surface area (TPSA) is 79.5 Å². The zero-order valence-electron chi connectivity index (χ0n) is 18.5. The Morgan fingerprint density at radius 2 is 1.44 bits per heavy atom. The van der Waals surface area contributed by atoms with Gasteiger partial charge in [-0.1, -0.05) is 18.2 Å². The maximum atomic E-state index is 11.1. The number of nitrogens with zero attached hydrogens (tertiary/aromatic N) is 2. The van der Waals surface area contributed by atoms with Gasteiger partial charge in [0.1, 0.15) is 25.9 Å². The molecule has 0 aliphatic heterocycles. The smallest absolute Gasteiger partial charge is 0.346 e. The molecular formula is C26H21N2O4S2+. The van der Waals surface area contributed by atoms with Crippen molar-refractivity contribution in [3.8, 4) is 26.3 Å². The number of hydrogen-bond acceptors (Lipinski definition) is 6. The number of hydrogen-bond donors (Lipinski definition) is 1. The Hall–Kier alpha value is -3.58. The van der Waals surface area contributed by atoms with E-state index in [0.717, 1.165) is 36.4 Å². The number of benzene rings is 2. The third-order valence-corrected chi connectivity index (χ3v) is 7.58. The summed E-state index contributed by atoms with van der Waals surface area (Å²) in [6.45, 7) is 0. The molecule has 0 aliphatic rings. The summed E-state index contributed by atoms with van der Waals surface area (Å²) in [6.07, 6.45) is 1.40. The van der Waals surface area contributed by atoms with Crippen LogP contribution in [0.15, 0.2) is 84.4 Å². The van der Waals surface area contributed by atoms with Crippen LogP contribution in [0.4, 0.5) is 11.4 Å². The van der Waals surface area contributed by atoms with Crippen LogP contribution in [0.1, 0.15) is 4.88 Å². The van der Waals surface area contributed by atoms with E-state index in [2.05, 4.69) is 6.07 Å². The van der Waals surface area contributed by atoms with Gasteiger partial charge in [0.25, 0.3) is 0 Å². The van der Waals surface area contributed by atoms with Gasteiger partial charge in [-0.2, -0.15) is 14.9 Å². The lowest BCUT2D eigenvalue weighted by Crippen LogP contribution is -2.41. The maximum Gasteiger partial charge on any atom is 0.346 e. The molecule has 0 atom stereocenters. The molecule has 34 heavy (non-hydrogen) atoms. The lowest BCUT2D eigenvalue weighted by atomic mass is 10.1. The van der Waals surface area contributed by atoms with E-state index in [4.69, 9.17) is 20.0 Å². The van der Waals surface area contributed by atoms with E-state index >= 15 is 0 Å². The van der Waals surface area contributed by atoms with Crippen LogP contribution in [0.2, 0.25) is 0 Å². The van der Waals surface area contributed by atoms with Crippen LogP contribution in [0.25, 0.3) is 26.3 Å². The minimum Gasteiger partial charge on any atom is -0.477 e. The quantitative estimate of drug-likeness (QED) is 0.126. The first-order valence-electron chi connectivity index (χ1n) is 10.2. The van der Waals surface area contributed by atoms with Gasteiger partial charge in [0, 0.05) is 48.6 Å². The summed E-state index contributed by atoms with van der Waals surface area (Å²) in [5, 5.41) is 18.0. The van der Waals surface area contributed by atoms with Crippen LogP contribution in [0, 0.1) is 11.3 Å². The fourth-order valence-corrected chi connectivity index (χ4v) is 5.62. The monoisotopic (exact) mass is 489 g/mol. The Labute approximate surface area is 205 Å². The van der Waals surface area contributed by atoms with Gasteiger partial charge >= 0.3 is 5.97 Å². The van der Waals surface area contributed by atoms with Crippen molar-refractivity contribution in [2.45, 2.75) is 0 Å².